The Labute approximate surface area is 197 Å². The predicted octanol–water partition coefficient (Wildman–Crippen LogP) is 2.56. The van der Waals surface area contributed by atoms with Crippen LogP contribution >= 0.6 is 0 Å². The molecule has 0 aromatic heterocycles. The number of piperidine rings is 1. The van der Waals surface area contributed by atoms with Crippen LogP contribution in [0, 0.1) is 5.82 Å². The molecule has 0 radical (unpaired) electrons. The molecule has 2 heterocycles. The second-order valence-corrected chi connectivity index (χ2v) is 9.21. The number of imide groups is 1. The molecule has 180 valence electrons. The molecule has 4 amide bonds. The molecule has 4 rings (SSSR count). The molecular formula is C25H28FN3O5. The van der Waals surface area contributed by atoms with Crippen LogP contribution in [0.4, 0.5) is 4.39 Å². The number of carbonyl (C=O) groups is 4. The molecule has 0 aliphatic carbocycles. The third-order valence-corrected chi connectivity index (χ3v) is 5.78. The Hall–Kier alpha value is -3.75. The van der Waals surface area contributed by atoms with Crippen molar-refractivity contribution < 1.29 is 28.3 Å². The van der Waals surface area contributed by atoms with E-state index in [0.717, 1.165) is 16.7 Å². The summed E-state index contributed by atoms with van der Waals surface area (Å²) in [6, 6.07) is 9.62. The second kappa shape index (κ2) is 10.0. The Morgan fingerprint density at radius 3 is 2.53 bits per heavy atom. The fourth-order valence-electron chi connectivity index (χ4n) is 3.93. The van der Waals surface area contributed by atoms with E-state index in [1.807, 2.05) is 32.9 Å². The summed E-state index contributed by atoms with van der Waals surface area (Å²) < 4.78 is 19.9. The number of fused-ring (bicyclic) bond motifs is 1. The number of nitrogens with zero attached hydrogens (tertiary/aromatic N) is 1. The summed E-state index contributed by atoms with van der Waals surface area (Å²) in [5.41, 5.74) is 7.06. The molecule has 9 heteroatoms. The van der Waals surface area contributed by atoms with Crippen molar-refractivity contribution in [3.63, 3.8) is 0 Å². The first-order valence-electron chi connectivity index (χ1n) is 10.9. The molecule has 0 saturated carbocycles. The zero-order valence-electron chi connectivity index (χ0n) is 19.4. The van der Waals surface area contributed by atoms with Gasteiger partial charge in [0.15, 0.2) is 11.6 Å². The lowest BCUT2D eigenvalue weighted by Crippen LogP contribution is -2.52. The summed E-state index contributed by atoms with van der Waals surface area (Å²) in [5.74, 6) is -1.26. The maximum absolute atomic E-state index is 14.2. The van der Waals surface area contributed by atoms with Gasteiger partial charge in [0.2, 0.25) is 18.2 Å². The van der Waals surface area contributed by atoms with Crippen molar-refractivity contribution in [1.82, 2.24) is 10.2 Å². The normalized spacial score (nSPS) is 17.5. The number of rotatable bonds is 4. The first-order valence-corrected chi connectivity index (χ1v) is 10.9. The molecule has 8 nitrogen and oxygen atoms in total. The molecule has 0 spiro atoms. The third kappa shape index (κ3) is 5.41. The van der Waals surface area contributed by atoms with E-state index in [1.54, 1.807) is 18.2 Å². The Morgan fingerprint density at radius 2 is 1.88 bits per heavy atom. The summed E-state index contributed by atoms with van der Waals surface area (Å²) in [7, 11) is 0. The largest absolute Gasteiger partial charge is 0.486 e. The smallest absolute Gasteiger partial charge is 0.255 e. The van der Waals surface area contributed by atoms with Crippen LogP contribution in [-0.2, 0) is 33.0 Å². The van der Waals surface area contributed by atoms with Crippen molar-refractivity contribution in [2.24, 2.45) is 5.73 Å². The molecule has 2 aliphatic rings. The van der Waals surface area contributed by atoms with Crippen molar-refractivity contribution in [3.8, 4) is 5.75 Å². The molecule has 1 atom stereocenters. The summed E-state index contributed by atoms with van der Waals surface area (Å²) >= 11 is 0. The van der Waals surface area contributed by atoms with Gasteiger partial charge in [0, 0.05) is 18.5 Å². The van der Waals surface area contributed by atoms with Crippen molar-refractivity contribution in [1.29, 1.82) is 0 Å². The number of nitrogens with one attached hydrogen (secondary N) is 1. The van der Waals surface area contributed by atoms with Crippen LogP contribution in [0.15, 0.2) is 36.4 Å². The lowest BCUT2D eigenvalue weighted by Gasteiger charge is -2.29. The average molecular weight is 470 g/mol. The average Bonchev–Trinajstić information content (AvgIpc) is 3.09. The zero-order chi connectivity index (χ0) is 25.0. The summed E-state index contributed by atoms with van der Waals surface area (Å²) in [5, 5.41) is 2.30. The lowest BCUT2D eigenvalue weighted by molar-refractivity contribution is -0.136. The van der Waals surface area contributed by atoms with Gasteiger partial charge in [-0.05, 0) is 46.7 Å². The fourth-order valence-corrected chi connectivity index (χ4v) is 3.93. The first-order chi connectivity index (χ1) is 16.0. The molecule has 1 unspecified atom stereocenters. The zero-order valence-corrected chi connectivity index (χ0v) is 19.4. The van der Waals surface area contributed by atoms with Crippen LogP contribution in [0.1, 0.15) is 60.7 Å². The molecule has 2 aliphatic heterocycles. The van der Waals surface area contributed by atoms with Crippen LogP contribution in [0.3, 0.4) is 0 Å². The Kier molecular flexibility index (Phi) is 7.34. The highest BCUT2D eigenvalue weighted by Gasteiger charge is 2.39. The minimum atomic E-state index is -0.647. The van der Waals surface area contributed by atoms with Crippen molar-refractivity contribution in [3.05, 3.63) is 64.5 Å². The molecule has 0 bridgehead atoms. The SMILES string of the molecule is CC(C)(C)c1ccc(F)c(OCc2ccc3c(c2)C(=O)N(C2CCC(=O)NC2=O)C3)c1.NC=O. The van der Waals surface area contributed by atoms with Crippen LogP contribution in [0.25, 0.3) is 0 Å². The number of ether oxygens (including phenoxy) is 1. The van der Waals surface area contributed by atoms with Crippen LogP contribution in [0.2, 0.25) is 0 Å². The quantitative estimate of drug-likeness (QED) is 0.527. The topological polar surface area (TPSA) is 119 Å². The molecule has 2 aromatic rings. The number of benzene rings is 2. The summed E-state index contributed by atoms with van der Waals surface area (Å²) in [6.45, 7) is 6.58. The number of hydrogen-bond acceptors (Lipinski definition) is 5. The van der Waals surface area contributed by atoms with Crippen molar-refractivity contribution in [2.75, 3.05) is 0 Å². The standard InChI is InChI=1S/C24H25FN2O4.CH3NO/c1-24(2,3)16-6-7-18(25)20(11-16)31-13-14-4-5-15-12-27(23(30)17(15)10-14)19-8-9-21(28)26-22(19)29;2-1-3/h4-7,10-11,19H,8-9,12-13H2,1-3H3,(H,26,28,29);1H,(H2,2,3). The van der Waals surface area contributed by atoms with Gasteiger partial charge in [-0.3, -0.25) is 24.5 Å². The minimum Gasteiger partial charge on any atom is -0.486 e. The minimum absolute atomic E-state index is 0.115. The van der Waals surface area contributed by atoms with E-state index in [9.17, 15) is 18.8 Å². The molecule has 1 saturated heterocycles. The number of nitrogens with two attached hydrogens (primary N) is 1. The monoisotopic (exact) mass is 469 g/mol. The van der Waals surface area contributed by atoms with E-state index in [0.29, 0.717) is 18.5 Å². The van der Waals surface area contributed by atoms with Crippen LogP contribution in [-0.4, -0.2) is 35.1 Å². The lowest BCUT2D eigenvalue weighted by atomic mass is 9.87. The highest BCUT2D eigenvalue weighted by molar-refractivity contribution is 6.05. The number of halogens is 1. The first kappa shape index (κ1) is 24.9. The summed E-state index contributed by atoms with van der Waals surface area (Å²) in [4.78, 5) is 46.6. The molecule has 2 aromatic carbocycles. The van der Waals surface area contributed by atoms with E-state index in [1.165, 1.54) is 11.0 Å². The van der Waals surface area contributed by atoms with Gasteiger partial charge in [-0.1, -0.05) is 39.0 Å². The highest BCUT2D eigenvalue weighted by Crippen LogP contribution is 2.30. The number of hydrogen-bond donors (Lipinski definition) is 2. The maximum Gasteiger partial charge on any atom is 0.255 e. The van der Waals surface area contributed by atoms with E-state index in [-0.39, 0.29) is 42.4 Å². The van der Waals surface area contributed by atoms with Gasteiger partial charge in [0.25, 0.3) is 5.91 Å². The van der Waals surface area contributed by atoms with E-state index >= 15 is 0 Å². The van der Waals surface area contributed by atoms with E-state index in [4.69, 9.17) is 9.53 Å². The Bertz CT molecular complexity index is 1130. The van der Waals surface area contributed by atoms with Gasteiger partial charge in [-0.25, -0.2) is 4.39 Å². The van der Waals surface area contributed by atoms with Crippen molar-refractivity contribution in [2.45, 2.75) is 58.2 Å². The molecule has 1 fully saturated rings. The number of primary amides is 1. The third-order valence-electron chi connectivity index (χ3n) is 5.78. The second-order valence-electron chi connectivity index (χ2n) is 9.21. The van der Waals surface area contributed by atoms with E-state index in [2.05, 4.69) is 11.1 Å². The van der Waals surface area contributed by atoms with Crippen LogP contribution in [0.5, 0.6) is 5.75 Å². The van der Waals surface area contributed by atoms with Gasteiger partial charge in [0.05, 0.1) is 0 Å². The van der Waals surface area contributed by atoms with Gasteiger partial charge < -0.3 is 15.4 Å². The van der Waals surface area contributed by atoms with Gasteiger partial charge >= 0.3 is 0 Å². The van der Waals surface area contributed by atoms with Crippen molar-refractivity contribution >= 4 is 24.1 Å². The fraction of sp³-hybridized carbons (Fsp3) is 0.360. The van der Waals surface area contributed by atoms with Gasteiger partial charge in [-0.2, -0.15) is 0 Å². The number of carbonyl (C=O) groups excluding carboxylic acids is 4. The maximum atomic E-state index is 14.2. The Balaban J connectivity index is 0.00000103. The van der Waals surface area contributed by atoms with E-state index < -0.39 is 17.8 Å². The Morgan fingerprint density at radius 1 is 1.18 bits per heavy atom. The van der Waals surface area contributed by atoms with Gasteiger partial charge in [0.1, 0.15) is 12.6 Å². The summed E-state index contributed by atoms with van der Waals surface area (Å²) in [6.07, 6.45) is 0.790. The van der Waals surface area contributed by atoms with Crippen LogP contribution < -0.4 is 15.8 Å². The molecule has 3 N–H and O–H groups in total. The number of amides is 4. The van der Waals surface area contributed by atoms with Gasteiger partial charge in [-0.15, -0.1) is 0 Å². The molecule has 34 heavy (non-hydrogen) atoms. The predicted molar refractivity (Wildman–Crippen MR) is 122 cm³/mol. The molecular weight excluding hydrogens is 441 g/mol. The highest BCUT2D eigenvalue weighted by atomic mass is 19.1.